The predicted octanol–water partition coefficient (Wildman–Crippen LogP) is 1.95. The van der Waals surface area contributed by atoms with Crippen molar-refractivity contribution in [2.24, 2.45) is 0 Å². The van der Waals surface area contributed by atoms with E-state index in [0.29, 0.717) is 10.6 Å². The van der Waals surface area contributed by atoms with Crippen LogP contribution in [0.5, 0.6) is 0 Å². The molecular weight excluding hydrogens is 462 g/mol. The first-order chi connectivity index (χ1) is 14.6. The summed E-state index contributed by atoms with van der Waals surface area (Å²) in [6, 6.07) is 11.7. The van der Waals surface area contributed by atoms with Gasteiger partial charge in [0.1, 0.15) is 0 Å². The van der Waals surface area contributed by atoms with E-state index < -0.39 is 20.0 Å². The van der Waals surface area contributed by atoms with E-state index >= 15 is 0 Å². The van der Waals surface area contributed by atoms with Gasteiger partial charge in [-0.2, -0.15) is 4.31 Å². The SMILES string of the molecule is C=CCNS(=O)(=O)c1ccc(C(=O)N2CCN(S(=O)(=O)c3cccc(Cl)c3)CC2)cc1. The van der Waals surface area contributed by atoms with Gasteiger partial charge in [-0.25, -0.2) is 21.6 Å². The van der Waals surface area contributed by atoms with Gasteiger partial charge >= 0.3 is 0 Å². The van der Waals surface area contributed by atoms with Gasteiger partial charge in [-0.15, -0.1) is 6.58 Å². The number of rotatable bonds is 7. The lowest BCUT2D eigenvalue weighted by molar-refractivity contribution is 0.0698. The zero-order valence-corrected chi connectivity index (χ0v) is 19.0. The molecule has 1 aliphatic rings. The van der Waals surface area contributed by atoms with Gasteiger partial charge in [-0.1, -0.05) is 23.7 Å². The van der Waals surface area contributed by atoms with Crippen LogP contribution in [0, 0.1) is 0 Å². The summed E-state index contributed by atoms with van der Waals surface area (Å²) in [4.78, 5) is 14.5. The maximum atomic E-state index is 12.8. The Morgan fingerprint density at radius 2 is 1.65 bits per heavy atom. The molecule has 0 unspecified atom stereocenters. The molecule has 0 bridgehead atoms. The minimum atomic E-state index is -3.70. The highest BCUT2D eigenvalue weighted by atomic mass is 35.5. The van der Waals surface area contributed by atoms with E-state index in [2.05, 4.69) is 11.3 Å². The van der Waals surface area contributed by atoms with E-state index in [-0.39, 0.29) is 48.4 Å². The molecule has 3 rings (SSSR count). The summed E-state index contributed by atoms with van der Waals surface area (Å²) in [5.74, 6) is -0.289. The molecule has 1 heterocycles. The molecule has 11 heteroatoms. The van der Waals surface area contributed by atoms with Crippen molar-refractivity contribution in [3.05, 3.63) is 71.8 Å². The second kappa shape index (κ2) is 9.49. The molecule has 8 nitrogen and oxygen atoms in total. The van der Waals surface area contributed by atoms with Gasteiger partial charge in [0.15, 0.2) is 0 Å². The summed E-state index contributed by atoms with van der Waals surface area (Å²) in [5, 5.41) is 0.333. The molecule has 1 aliphatic heterocycles. The third-order valence-corrected chi connectivity index (χ3v) is 8.36. The van der Waals surface area contributed by atoms with Crippen LogP contribution in [0.2, 0.25) is 5.02 Å². The summed E-state index contributed by atoms with van der Waals surface area (Å²) in [7, 11) is -7.37. The van der Waals surface area contributed by atoms with Gasteiger partial charge in [-0.05, 0) is 42.5 Å². The number of hydrogen-bond acceptors (Lipinski definition) is 5. The number of nitrogens with zero attached hydrogens (tertiary/aromatic N) is 2. The Hall–Kier alpha value is -2.24. The number of nitrogens with one attached hydrogen (secondary N) is 1. The largest absolute Gasteiger partial charge is 0.336 e. The van der Waals surface area contributed by atoms with E-state index in [1.54, 1.807) is 17.0 Å². The minimum Gasteiger partial charge on any atom is -0.336 e. The lowest BCUT2D eigenvalue weighted by Gasteiger charge is -2.34. The van der Waals surface area contributed by atoms with Gasteiger partial charge in [0, 0.05) is 43.3 Å². The van der Waals surface area contributed by atoms with E-state index in [9.17, 15) is 21.6 Å². The number of carbonyl (C=O) groups excluding carboxylic acids is 1. The van der Waals surface area contributed by atoms with Crippen LogP contribution in [0.25, 0.3) is 0 Å². The molecule has 1 fully saturated rings. The standard InChI is InChI=1S/C20H22ClN3O5S2/c1-2-10-22-30(26,27)18-8-6-16(7-9-18)20(25)23-11-13-24(14-12-23)31(28,29)19-5-3-4-17(21)15-19/h2-9,15,22H,1,10-14H2. The zero-order chi connectivity index (χ0) is 22.6. The molecule has 0 aliphatic carbocycles. The van der Waals surface area contributed by atoms with Crippen LogP contribution in [0.4, 0.5) is 0 Å². The van der Waals surface area contributed by atoms with Crippen molar-refractivity contribution in [3.63, 3.8) is 0 Å². The summed E-state index contributed by atoms with van der Waals surface area (Å²) < 4.78 is 53.5. The predicted molar refractivity (Wildman–Crippen MR) is 118 cm³/mol. The molecule has 0 radical (unpaired) electrons. The summed E-state index contributed by atoms with van der Waals surface area (Å²) >= 11 is 5.90. The van der Waals surface area contributed by atoms with Gasteiger partial charge in [0.05, 0.1) is 9.79 Å². The third kappa shape index (κ3) is 5.34. The third-order valence-electron chi connectivity index (χ3n) is 4.79. The average Bonchev–Trinajstić information content (AvgIpc) is 2.77. The number of hydrogen-bond donors (Lipinski definition) is 1. The molecule has 0 aromatic heterocycles. The molecule has 166 valence electrons. The Morgan fingerprint density at radius 3 is 2.23 bits per heavy atom. The van der Waals surface area contributed by atoms with E-state index in [4.69, 9.17) is 11.6 Å². The molecule has 0 atom stereocenters. The molecule has 2 aromatic carbocycles. The summed E-state index contributed by atoms with van der Waals surface area (Å²) in [6.45, 7) is 4.31. The van der Waals surface area contributed by atoms with Gasteiger partial charge < -0.3 is 4.90 Å². The smallest absolute Gasteiger partial charge is 0.253 e. The highest BCUT2D eigenvalue weighted by Crippen LogP contribution is 2.21. The second-order valence-electron chi connectivity index (χ2n) is 6.82. The fraction of sp³-hybridized carbons (Fsp3) is 0.250. The fourth-order valence-corrected chi connectivity index (χ4v) is 5.84. The van der Waals surface area contributed by atoms with E-state index in [1.807, 2.05) is 0 Å². The molecular formula is C20H22ClN3O5S2. The van der Waals surface area contributed by atoms with Gasteiger partial charge in [0.25, 0.3) is 5.91 Å². The maximum absolute atomic E-state index is 12.8. The number of amides is 1. The molecule has 2 aromatic rings. The highest BCUT2D eigenvalue weighted by Gasteiger charge is 2.30. The average molecular weight is 484 g/mol. The second-order valence-corrected chi connectivity index (χ2v) is 11.0. The van der Waals surface area contributed by atoms with Crippen LogP contribution in [-0.2, 0) is 20.0 Å². The van der Waals surface area contributed by atoms with Crippen LogP contribution in [0.1, 0.15) is 10.4 Å². The van der Waals surface area contributed by atoms with Crippen molar-refractivity contribution in [2.75, 3.05) is 32.7 Å². The molecule has 31 heavy (non-hydrogen) atoms. The van der Waals surface area contributed by atoms with E-state index in [1.165, 1.54) is 46.8 Å². The van der Waals surface area contributed by atoms with Crippen LogP contribution in [0.15, 0.2) is 71.0 Å². The lowest BCUT2D eigenvalue weighted by Crippen LogP contribution is -2.50. The number of carbonyl (C=O) groups is 1. The first-order valence-electron chi connectivity index (χ1n) is 9.41. The molecule has 0 saturated carbocycles. The lowest BCUT2D eigenvalue weighted by atomic mass is 10.2. The fourth-order valence-electron chi connectivity index (χ4n) is 3.12. The monoisotopic (exact) mass is 483 g/mol. The van der Waals surface area contributed by atoms with Crippen molar-refractivity contribution < 1.29 is 21.6 Å². The van der Waals surface area contributed by atoms with Crippen molar-refractivity contribution in [2.45, 2.75) is 9.79 Å². The first-order valence-corrected chi connectivity index (χ1v) is 12.7. The number of piperazine rings is 1. The van der Waals surface area contributed by atoms with Crippen LogP contribution < -0.4 is 4.72 Å². The van der Waals surface area contributed by atoms with Crippen molar-refractivity contribution in [1.29, 1.82) is 0 Å². The molecule has 1 N–H and O–H groups in total. The molecule has 1 saturated heterocycles. The van der Waals surface area contributed by atoms with Crippen molar-refractivity contribution in [1.82, 2.24) is 13.9 Å². The van der Waals surface area contributed by atoms with Crippen LogP contribution in [0.3, 0.4) is 0 Å². The number of halogens is 1. The maximum Gasteiger partial charge on any atom is 0.253 e. The van der Waals surface area contributed by atoms with Crippen molar-refractivity contribution in [3.8, 4) is 0 Å². The Kier molecular flexibility index (Phi) is 7.17. The van der Waals surface area contributed by atoms with Crippen LogP contribution >= 0.6 is 11.6 Å². The number of benzene rings is 2. The van der Waals surface area contributed by atoms with E-state index in [0.717, 1.165) is 0 Å². The molecule has 0 spiro atoms. The minimum absolute atomic E-state index is 0.0448. The Bertz CT molecular complexity index is 1170. The summed E-state index contributed by atoms with van der Waals surface area (Å²) in [5.41, 5.74) is 0.328. The first kappa shape index (κ1) is 23.4. The number of sulfonamides is 2. The van der Waals surface area contributed by atoms with Crippen LogP contribution in [-0.4, -0.2) is 64.7 Å². The van der Waals surface area contributed by atoms with Crippen molar-refractivity contribution >= 4 is 37.6 Å². The normalized spacial score (nSPS) is 15.6. The Labute approximate surface area is 187 Å². The van der Waals surface area contributed by atoms with Gasteiger partial charge in [0.2, 0.25) is 20.0 Å². The molecule has 1 amide bonds. The topological polar surface area (TPSA) is 104 Å². The highest BCUT2D eigenvalue weighted by molar-refractivity contribution is 7.89. The Morgan fingerprint density at radius 1 is 1.00 bits per heavy atom. The van der Waals surface area contributed by atoms with Gasteiger partial charge in [-0.3, -0.25) is 4.79 Å². The quantitative estimate of drug-likeness (QED) is 0.606. The zero-order valence-electron chi connectivity index (χ0n) is 16.6. The summed E-state index contributed by atoms with van der Waals surface area (Å²) in [6.07, 6.45) is 1.43. The Balaban J connectivity index is 1.66.